The third-order valence-corrected chi connectivity index (χ3v) is 4.56. The molecule has 0 aromatic carbocycles. The lowest BCUT2D eigenvalue weighted by Gasteiger charge is -2.23. The minimum absolute atomic E-state index is 0.411. The van der Waals surface area contributed by atoms with Gasteiger partial charge in [0.05, 0.1) is 6.04 Å². The minimum Gasteiger partial charge on any atom is -0.265 e. The average molecular weight is 324 g/mol. The minimum atomic E-state index is 0.411. The van der Waals surface area contributed by atoms with E-state index in [2.05, 4.69) is 25.2 Å². The Balaban J connectivity index is 1.72. The first-order valence-electron chi connectivity index (χ1n) is 8.40. The first-order chi connectivity index (χ1) is 11.8. The van der Waals surface area contributed by atoms with Gasteiger partial charge in [0.25, 0.3) is 0 Å². The highest BCUT2D eigenvalue weighted by molar-refractivity contribution is 5.53. The molecule has 0 aliphatic heterocycles. The van der Waals surface area contributed by atoms with Gasteiger partial charge in [-0.1, -0.05) is 19.3 Å². The van der Waals surface area contributed by atoms with Gasteiger partial charge in [0.2, 0.25) is 0 Å². The lowest BCUT2D eigenvalue weighted by Crippen LogP contribution is -2.19. The van der Waals surface area contributed by atoms with Gasteiger partial charge in [-0.15, -0.1) is 5.10 Å². The van der Waals surface area contributed by atoms with E-state index in [0.717, 1.165) is 35.9 Å². The molecule has 8 heteroatoms. The molecule has 0 N–H and O–H groups in total. The van der Waals surface area contributed by atoms with Crippen LogP contribution in [-0.2, 0) is 6.54 Å². The first kappa shape index (κ1) is 14.9. The third-order valence-electron chi connectivity index (χ3n) is 4.56. The smallest absolute Gasteiger partial charge is 0.181 e. The number of hydrogen-bond acceptors (Lipinski definition) is 6. The van der Waals surface area contributed by atoms with Gasteiger partial charge < -0.3 is 0 Å². The van der Waals surface area contributed by atoms with Crippen molar-refractivity contribution in [2.75, 3.05) is 0 Å². The first-order valence-corrected chi connectivity index (χ1v) is 8.40. The third kappa shape index (κ3) is 2.91. The van der Waals surface area contributed by atoms with Crippen LogP contribution in [-0.4, -0.2) is 40.0 Å². The summed E-state index contributed by atoms with van der Waals surface area (Å²) in [5, 5.41) is 16.5. The van der Waals surface area contributed by atoms with E-state index in [9.17, 15) is 0 Å². The van der Waals surface area contributed by atoms with Gasteiger partial charge >= 0.3 is 0 Å². The van der Waals surface area contributed by atoms with Crippen LogP contribution in [0, 0.1) is 6.92 Å². The molecule has 1 fully saturated rings. The van der Waals surface area contributed by atoms with Crippen LogP contribution in [0.4, 0.5) is 0 Å². The predicted octanol–water partition coefficient (Wildman–Crippen LogP) is 2.19. The van der Waals surface area contributed by atoms with E-state index in [1.54, 1.807) is 17.1 Å². The Labute approximate surface area is 139 Å². The summed E-state index contributed by atoms with van der Waals surface area (Å²) < 4.78 is 3.86. The van der Waals surface area contributed by atoms with Crippen LogP contribution < -0.4 is 0 Å². The Hall–Kier alpha value is -2.64. The van der Waals surface area contributed by atoms with Crippen molar-refractivity contribution in [2.24, 2.45) is 0 Å². The zero-order chi connectivity index (χ0) is 16.4. The van der Waals surface area contributed by atoms with E-state index in [1.807, 2.05) is 19.1 Å². The van der Waals surface area contributed by atoms with Crippen molar-refractivity contribution < 1.29 is 0 Å². The van der Waals surface area contributed by atoms with Gasteiger partial charge in [-0.2, -0.15) is 5.10 Å². The van der Waals surface area contributed by atoms with Crippen LogP contribution in [0.5, 0.6) is 0 Å². The number of aromatic nitrogens is 8. The summed E-state index contributed by atoms with van der Waals surface area (Å²) in [5.41, 5.74) is 0.981. The maximum atomic E-state index is 4.81. The highest BCUT2D eigenvalue weighted by Gasteiger charge is 2.22. The van der Waals surface area contributed by atoms with Gasteiger partial charge in [0, 0.05) is 18.0 Å². The Morgan fingerprint density at radius 2 is 1.92 bits per heavy atom. The number of pyridine rings is 1. The molecule has 0 amide bonds. The molecule has 3 heterocycles. The highest BCUT2D eigenvalue weighted by atomic mass is 15.5. The normalized spacial score (nSPS) is 15.7. The molecule has 24 heavy (non-hydrogen) atoms. The molecule has 3 aromatic heterocycles. The second-order valence-corrected chi connectivity index (χ2v) is 6.21. The summed E-state index contributed by atoms with van der Waals surface area (Å²) in [4.78, 5) is 8.85. The Kier molecular flexibility index (Phi) is 4.02. The highest BCUT2D eigenvalue weighted by Crippen LogP contribution is 2.29. The molecular weight excluding hydrogens is 304 g/mol. The van der Waals surface area contributed by atoms with Crippen LogP contribution in [0.25, 0.3) is 11.4 Å². The number of hydrogen-bond donors (Lipinski definition) is 0. The SMILES string of the molecule is Cc1nnnn1Cc1nc(-c2ccncc2)nn1C1CCCCC1. The topological polar surface area (TPSA) is 87.2 Å². The molecule has 0 radical (unpaired) electrons. The summed E-state index contributed by atoms with van der Waals surface area (Å²) in [5.74, 6) is 2.42. The van der Waals surface area contributed by atoms with E-state index in [0.29, 0.717) is 12.6 Å². The van der Waals surface area contributed by atoms with Crippen molar-refractivity contribution >= 4 is 0 Å². The lowest BCUT2D eigenvalue weighted by molar-refractivity contribution is 0.318. The van der Waals surface area contributed by atoms with Crippen LogP contribution in [0.2, 0.25) is 0 Å². The lowest BCUT2D eigenvalue weighted by atomic mass is 9.95. The predicted molar refractivity (Wildman–Crippen MR) is 87.0 cm³/mol. The van der Waals surface area contributed by atoms with Crippen LogP contribution in [0.1, 0.15) is 49.8 Å². The second-order valence-electron chi connectivity index (χ2n) is 6.21. The van der Waals surface area contributed by atoms with Crippen molar-refractivity contribution in [3.8, 4) is 11.4 Å². The van der Waals surface area contributed by atoms with Gasteiger partial charge in [-0.3, -0.25) is 4.98 Å². The van der Waals surface area contributed by atoms with Crippen molar-refractivity contribution in [1.29, 1.82) is 0 Å². The van der Waals surface area contributed by atoms with E-state index in [4.69, 9.17) is 10.1 Å². The van der Waals surface area contributed by atoms with Gasteiger partial charge in [0.15, 0.2) is 5.82 Å². The monoisotopic (exact) mass is 324 g/mol. The summed E-state index contributed by atoms with van der Waals surface area (Å²) >= 11 is 0. The summed E-state index contributed by atoms with van der Waals surface area (Å²) in [6.07, 6.45) is 9.64. The Bertz CT molecular complexity index is 801. The van der Waals surface area contributed by atoms with E-state index < -0.39 is 0 Å². The van der Waals surface area contributed by atoms with E-state index in [-0.39, 0.29) is 0 Å². The Morgan fingerprint density at radius 1 is 1.12 bits per heavy atom. The van der Waals surface area contributed by atoms with Crippen molar-refractivity contribution in [2.45, 2.75) is 51.6 Å². The molecule has 1 saturated carbocycles. The van der Waals surface area contributed by atoms with Gasteiger partial charge in [-0.05, 0) is 42.3 Å². The maximum absolute atomic E-state index is 4.81. The fourth-order valence-corrected chi connectivity index (χ4v) is 3.23. The second kappa shape index (κ2) is 6.46. The molecule has 8 nitrogen and oxygen atoms in total. The van der Waals surface area contributed by atoms with Crippen LogP contribution >= 0.6 is 0 Å². The van der Waals surface area contributed by atoms with E-state index in [1.165, 1.54) is 19.3 Å². The zero-order valence-electron chi connectivity index (χ0n) is 13.7. The number of nitrogens with zero attached hydrogens (tertiary/aromatic N) is 8. The largest absolute Gasteiger partial charge is 0.265 e. The fourth-order valence-electron chi connectivity index (χ4n) is 3.23. The summed E-state index contributed by atoms with van der Waals surface area (Å²) in [6.45, 7) is 2.43. The van der Waals surface area contributed by atoms with Crippen LogP contribution in [0.15, 0.2) is 24.5 Å². The number of aryl methyl sites for hydroxylation is 1. The Morgan fingerprint density at radius 3 is 2.62 bits per heavy atom. The molecule has 1 aliphatic rings. The van der Waals surface area contributed by atoms with Crippen molar-refractivity contribution in [3.63, 3.8) is 0 Å². The molecule has 124 valence electrons. The molecule has 1 aliphatic carbocycles. The summed E-state index contributed by atoms with van der Waals surface area (Å²) in [7, 11) is 0. The molecule has 0 unspecified atom stereocenters. The number of rotatable bonds is 4. The molecule has 0 bridgehead atoms. The van der Waals surface area contributed by atoms with E-state index >= 15 is 0 Å². The summed E-state index contributed by atoms with van der Waals surface area (Å²) in [6, 6.07) is 4.28. The van der Waals surface area contributed by atoms with Crippen molar-refractivity contribution in [3.05, 3.63) is 36.2 Å². The molecule has 3 aromatic rings. The van der Waals surface area contributed by atoms with Gasteiger partial charge in [-0.25, -0.2) is 14.3 Å². The average Bonchev–Trinajstić information content (AvgIpc) is 3.24. The molecule has 0 atom stereocenters. The molecule has 4 rings (SSSR count). The molecule has 0 saturated heterocycles. The van der Waals surface area contributed by atoms with Gasteiger partial charge in [0.1, 0.15) is 18.2 Å². The zero-order valence-corrected chi connectivity index (χ0v) is 13.7. The molecule has 0 spiro atoms. The van der Waals surface area contributed by atoms with Crippen LogP contribution in [0.3, 0.4) is 0 Å². The standard InChI is InChI=1S/C16H20N8/c1-12-19-21-22-23(12)11-15-18-16(13-7-9-17-10-8-13)20-24(15)14-5-3-2-4-6-14/h7-10,14H,2-6,11H2,1H3. The number of tetrazole rings is 1. The quantitative estimate of drug-likeness (QED) is 0.731. The fraction of sp³-hybridized carbons (Fsp3) is 0.500. The maximum Gasteiger partial charge on any atom is 0.181 e. The molecular formula is C16H20N8. The van der Waals surface area contributed by atoms with Crippen molar-refractivity contribution in [1.82, 2.24) is 40.0 Å².